The monoisotopic (exact) mass is 340 g/mol. The van der Waals surface area contributed by atoms with E-state index < -0.39 is 0 Å². The number of hydrogen-bond donors (Lipinski definition) is 1. The van der Waals surface area contributed by atoms with Gasteiger partial charge in [-0.15, -0.1) is 0 Å². The highest BCUT2D eigenvalue weighted by Crippen LogP contribution is 2.13. The fourth-order valence-corrected chi connectivity index (χ4v) is 2.64. The molecule has 0 fully saturated rings. The molecule has 6 nitrogen and oxygen atoms in total. The number of pyridine rings is 1. The van der Waals surface area contributed by atoms with Crippen molar-refractivity contribution >= 4 is 5.91 Å². The van der Waals surface area contributed by atoms with Crippen molar-refractivity contribution in [3.8, 4) is 11.4 Å². The highest BCUT2D eigenvalue weighted by Gasteiger charge is 2.15. The average Bonchev–Trinajstić information content (AvgIpc) is 2.59. The van der Waals surface area contributed by atoms with Gasteiger partial charge in [0.05, 0.1) is 0 Å². The van der Waals surface area contributed by atoms with Crippen LogP contribution in [0.2, 0.25) is 0 Å². The number of amides is 1. The normalized spacial score (nSPS) is 10.5. The molecule has 2 aromatic rings. The lowest BCUT2D eigenvalue weighted by Crippen LogP contribution is -2.32. The standard InChI is InChI=1S/C19H24N4O2/c1-5-23(12-13(2)3)17(24)9-8-16-14(4)21-18(22-19(16)25)15-7-6-10-20-11-15/h6-7,10-11H,2,5,8-9,12H2,1,3-4H3,(H,21,22,25). The Bertz CT molecular complexity index is 812. The van der Waals surface area contributed by atoms with Crippen LogP contribution in [-0.2, 0) is 11.2 Å². The topological polar surface area (TPSA) is 79.0 Å². The number of likely N-dealkylation sites (N-methyl/N-ethyl adjacent to an activating group) is 1. The third-order valence-electron chi connectivity index (χ3n) is 3.94. The summed E-state index contributed by atoms with van der Waals surface area (Å²) in [5.74, 6) is 0.503. The van der Waals surface area contributed by atoms with Crippen molar-refractivity contribution in [2.75, 3.05) is 13.1 Å². The lowest BCUT2D eigenvalue weighted by atomic mass is 10.1. The Balaban J connectivity index is 2.14. The van der Waals surface area contributed by atoms with Crippen LogP contribution in [0.3, 0.4) is 0 Å². The maximum Gasteiger partial charge on any atom is 0.254 e. The van der Waals surface area contributed by atoms with Crippen molar-refractivity contribution in [3.63, 3.8) is 0 Å². The summed E-state index contributed by atoms with van der Waals surface area (Å²) in [6.07, 6.45) is 3.96. The fourth-order valence-electron chi connectivity index (χ4n) is 2.64. The van der Waals surface area contributed by atoms with E-state index in [1.807, 2.05) is 19.9 Å². The maximum atomic E-state index is 12.4. The zero-order valence-electron chi connectivity index (χ0n) is 15.0. The fraction of sp³-hybridized carbons (Fsp3) is 0.368. The third-order valence-corrected chi connectivity index (χ3v) is 3.94. The van der Waals surface area contributed by atoms with E-state index in [0.29, 0.717) is 36.6 Å². The Morgan fingerprint density at radius 3 is 2.72 bits per heavy atom. The Morgan fingerprint density at radius 1 is 1.40 bits per heavy atom. The molecule has 132 valence electrons. The molecule has 1 amide bonds. The molecule has 0 aliphatic carbocycles. The second-order valence-electron chi connectivity index (χ2n) is 6.09. The quantitative estimate of drug-likeness (QED) is 0.786. The number of aromatic amines is 1. The van der Waals surface area contributed by atoms with Gasteiger partial charge in [-0.25, -0.2) is 4.98 Å². The van der Waals surface area contributed by atoms with Gasteiger partial charge in [0.1, 0.15) is 5.82 Å². The van der Waals surface area contributed by atoms with Crippen molar-refractivity contribution in [3.05, 3.63) is 58.3 Å². The van der Waals surface area contributed by atoms with Crippen LogP contribution in [0.15, 0.2) is 41.5 Å². The van der Waals surface area contributed by atoms with E-state index in [9.17, 15) is 9.59 Å². The first-order valence-electron chi connectivity index (χ1n) is 8.34. The number of aryl methyl sites for hydroxylation is 1. The number of aromatic nitrogens is 3. The lowest BCUT2D eigenvalue weighted by Gasteiger charge is -2.21. The first-order valence-corrected chi connectivity index (χ1v) is 8.34. The van der Waals surface area contributed by atoms with Gasteiger partial charge in [0.15, 0.2) is 0 Å². The Morgan fingerprint density at radius 2 is 2.16 bits per heavy atom. The summed E-state index contributed by atoms with van der Waals surface area (Å²) in [6, 6.07) is 3.63. The van der Waals surface area contributed by atoms with Crippen molar-refractivity contribution in [2.24, 2.45) is 0 Å². The van der Waals surface area contributed by atoms with Gasteiger partial charge in [-0.2, -0.15) is 0 Å². The van der Waals surface area contributed by atoms with Gasteiger partial charge in [-0.3, -0.25) is 14.6 Å². The first kappa shape index (κ1) is 18.6. The van der Waals surface area contributed by atoms with Gasteiger partial charge in [-0.1, -0.05) is 12.2 Å². The van der Waals surface area contributed by atoms with Crippen LogP contribution >= 0.6 is 0 Å². The molecule has 25 heavy (non-hydrogen) atoms. The summed E-state index contributed by atoms with van der Waals surface area (Å²) in [7, 11) is 0. The van der Waals surface area contributed by atoms with Crippen LogP contribution in [0.4, 0.5) is 0 Å². The number of nitrogens with one attached hydrogen (secondary N) is 1. The smallest absolute Gasteiger partial charge is 0.254 e. The average molecular weight is 340 g/mol. The second kappa shape index (κ2) is 8.37. The minimum Gasteiger partial charge on any atom is -0.339 e. The zero-order chi connectivity index (χ0) is 18.4. The molecule has 0 radical (unpaired) electrons. The maximum absolute atomic E-state index is 12.4. The van der Waals surface area contributed by atoms with Crippen LogP contribution in [0.5, 0.6) is 0 Å². The SMILES string of the molecule is C=C(C)CN(CC)C(=O)CCc1c(C)nc(-c2cccnc2)[nH]c1=O. The number of nitrogens with zero attached hydrogens (tertiary/aromatic N) is 3. The van der Waals surface area contributed by atoms with Gasteiger partial charge in [0.25, 0.3) is 5.56 Å². The molecule has 0 aromatic carbocycles. The number of carbonyl (C=O) groups is 1. The van der Waals surface area contributed by atoms with E-state index in [2.05, 4.69) is 21.5 Å². The minimum absolute atomic E-state index is 0.0145. The molecule has 2 rings (SSSR count). The van der Waals surface area contributed by atoms with Gasteiger partial charge in [0, 0.05) is 48.7 Å². The van der Waals surface area contributed by atoms with Crippen LogP contribution in [-0.4, -0.2) is 38.8 Å². The molecule has 0 saturated heterocycles. The Kier molecular flexibility index (Phi) is 6.22. The predicted molar refractivity (Wildman–Crippen MR) is 98.2 cm³/mol. The Hall–Kier alpha value is -2.76. The van der Waals surface area contributed by atoms with Gasteiger partial charge < -0.3 is 9.88 Å². The number of carbonyl (C=O) groups excluding carboxylic acids is 1. The highest BCUT2D eigenvalue weighted by atomic mass is 16.2. The van der Waals surface area contributed by atoms with E-state index in [0.717, 1.165) is 11.1 Å². The molecule has 0 unspecified atom stereocenters. The summed E-state index contributed by atoms with van der Waals surface area (Å²) >= 11 is 0. The number of hydrogen-bond acceptors (Lipinski definition) is 4. The summed E-state index contributed by atoms with van der Waals surface area (Å²) in [6.45, 7) is 10.6. The van der Waals surface area contributed by atoms with Crippen LogP contribution in [0, 0.1) is 6.92 Å². The molecular formula is C19H24N4O2. The van der Waals surface area contributed by atoms with E-state index in [1.54, 1.807) is 30.3 Å². The van der Waals surface area contributed by atoms with Gasteiger partial charge in [0.2, 0.25) is 5.91 Å². The number of H-pyrrole nitrogens is 1. The van der Waals surface area contributed by atoms with Crippen LogP contribution < -0.4 is 5.56 Å². The molecule has 0 aliphatic heterocycles. The van der Waals surface area contributed by atoms with E-state index in [1.165, 1.54) is 0 Å². The van der Waals surface area contributed by atoms with Gasteiger partial charge >= 0.3 is 0 Å². The molecule has 0 aliphatic rings. The first-order chi connectivity index (χ1) is 11.9. The number of rotatable bonds is 7. The summed E-state index contributed by atoms with van der Waals surface area (Å²) in [4.78, 5) is 37.8. The predicted octanol–water partition coefficient (Wildman–Crippen LogP) is 2.50. The largest absolute Gasteiger partial charge is 0.339 e. The van der Waals surface area contributed by atoms with Crippen molar-refractivity contribution in [1.29, 1.82) is 0 Å². The second-order valence-corrected chi connectivity index (χ2v) is 6.09. The summed E-state index contributed by atoms with van der Waals surface area (Å²) in [5.41, 5.74) is 2.67. The molecule has 0 bridgehead atoms. The summed E-state index contributed by atoms with van der Waals surface area (Å²) in [5, 5.41) is 0. The molecule has 0 spiro atoms. The minimum atomic E-state index is -0.206. The molecule has 6 heteroatoms. The third kappa shape index (κ3) is 4.86. The van der Waals surface area contributed by atoms with Crippen LogP contribution in [0.1, 0.15) is 31.5 Å². The Labute approximate surface area is 147 Å². The summed E-state index contributed by atoms with van der Waals surface area (Å²) < 4.78 is 0. The molecule has 2 heterocycles. The molecule has 2 aromatic heterocycles. The lowest BCUT2D eigenvalue weighted by molar-refractivity contribution is -0.130. The van der Waals surface area contributed by atoms with Crippen molar-refractivity contribution in [1.82, 2.24) is 19.9 Å². The molecule has 1 N–H and O–H groups in total. The van der Waals surface area contributed by atoms with E-state index in [4.69, 9.17) is 0 Å². The highest BCUT2D eigenvalue weighted by molar-refractivity contribution is 5.76. The molecule has 0 atom stereocenters. The van der Waals surface area contributed by atoms with E-state index >= 15 is 0 Å². The van der Waals surface area contributed by atoms with E-state index in [-0.39, 0.29) is 17.9 Å². The van der Waals surface area contributed by atoms with Crippen molar-refractivity contribution < 1.29 is 4.79 Å². The van der Waals surface area contributed by atoms with Gasteiger partial charge in [-0.05, 0) is 39.3 Å². The zero-order valence-corrected chi connectivity index (χ0v) is 15.0. The molecule has 0 saturated carbocycles. The molecular weight excluding hydrogens is 316 g/mol. The van der Waals surface area contributed by atoms with Crippen LogP contribution in [0.25, 0.3) is 11.4 Å². The van der Waals surface area contributed by atoms with Crippen molar-refractivity contribution in [2.45, 2.75) is 33.6 Å².